The first-order chi connectivity index (χ1) is 16.8. The molecule has 8 nitrogen and oxygen atoms in total. The van der Waals surface area contributed by atoms with E-state index >= 15 is 0 Å². The summed E-state index contributed by atoms with van der Waals surface area (Å²) >= 11 is 0. The normalized spacial score (nSPS) is 16.7. The van der Waals surface area contributed by atoms with E-state index in [9.17, 15) is 9.59 Å². The van der Waals surface area contributed by atoms with E-state index in [0.717, 1.165) is 54.5 Å². The minimum Gasteiger partial charge on any atom is -0.337 e. The molecule has 184 valence electrons. The molecule has 2 amide bonds. The third kappa shape index (κ3) is 5.77. The summed E-state index contributed by atoms with van der Waals surface area (Å²) in [4.78, 5) is 39.0. The first-order valence-corrected chi connectivity index (χ1v) is 12.1. The van der Waals surface area contributed by atoms with Gasteiger partial charge >= 0.3 is 0 Å². The molecule has 0 aliphatic carbocycles. The van der Waals surface area contributed by atoms with Gasteiger partial charge in [-0.1, -0.05) is 18.2 Å². The zero-order valence-corrected chi connectivity index (χ0v) is 21.0. The maximum atomic E-state index is 13.1. The van der Waals surface area contributed by atoms with E-state index in [1.165, 1.54) is 0 Å². The van der Waals surface area contributed by atoms with Gasteiger partial charge in [-0.3, -0.25) is 19.9 Å². The van der Waals surface area contributed by atoms with Crippen LogP contribution in [0.4, 0.5) is 5.95 Å². The summed E-state index contributed by atoms with van der Waals surface area (Å²) in [6.07, 6.45) is 9.71. The molecule has 1 saturated heterocycles. The second-order valence-electron chi connectivity index (χ2n) is 9.55. The van der Waals surface area contributed by atoms with Crippen LogP contribution in [0.1, 0.15) is 46.8 Å². The predicted molar refractivity (Wildman–Crippen MR) is 139 cm³/mol. The third-order valence-electron chi connectivity index (χ3n) is 6.33. The zero-order chi connectivity index (χ0) is 24.9. The number of anilines is 1. The van der Waals surface area contributed by atoms with Crippen molar-refractivity contribution >= 4 is 28.8 Å². The fourth-order valence-electron chi connectivity index (χ4n) is 4.62. The number of fused-ring (bicyclic) bond motifs is 1. The van der Waals surface area contributed by atoms with Crippen LogP contribution in [0, 0.1) is 13.8 Å². The van der Waals surface area contributed by atoms with E-state index in [1.807, 2.05) is 55.1 Å². The number of rotatable bonds is 6. The van der Waals surface area contributed by atoms with Crippen molar-refractivity contribution in [2.24, 2.45) is 0 Å². The van der Waals surface area contributed by atoms with Crippen LogP contribution >= 0.6 is 0 Å². The van der Waals surface area contributed by atoms with Crippen LogP contribution in [0.2, 0.25) is 0 Å². The predicted octanol–water partition coefficient (Wildman–Crippen LogP) is 3.97. The molecule has 0 bridgehead atoms. The summed E-state index contributed by atoms with van der Waals surface area (Å²) in [5.41, 5.74) is 4.32. The van der Waals surface area contributed by atoms with Crippen LogP contribution in [0.5, 0.6) is 0 Å². The molecule has 1 aliphatic heterocycles. The number of likely N-dealkylation sites (tertiary alicyclic amines) is 1. The molecule has 0 radical (unpaired) electrons. The lowest BCUT2D eigenvalue weighted by molar-refractivity contribution is -0.126. The summed E-state index contributed by atoms with van der Waals surface area (Å²) in [7, 11) is 3.96. The van der Waals surface area contributed by atoms with Gasteiger partial charge in [-0.05, 0) is 70.5 Å². The molecule has 3 heterocycles. The van der Waals surface area contributed by atoms with E-state index in [4.69, 9.17) is 4.98 Å². The van der Waals surface area contributed by atoms with Crippen molar-refractivity contribution < 1.29 is 9.59 Å². The van der Waals surface area contributed by atoms with Crippen LogP contribution in [-0.2, 0) is 4.79 Å². The molecule has 1 unspecified atom stereocenters. The maximum Gasteiger partial charge on any atom is 0.259 e. The molecule has 0 saturated carbocycles. The van der Waals surface area contributed by atoms with Gasteiger partial charge in [0.15, 0.2) is 0 Å². The Balaban J connectivity index is 1.68. The van der Waals surface area contributed by atoms with E-state index in [-0.39, 0.29) is 17.9 Å². The van der Waals surface area contributed by atoms with Crippen LogP contribution in [0.15, 0.2) is 48.8 Å². The molecule has 1 aromatic carbocycles. The Bertz CT molecular complexity index is 1250. The quantitative estimate of drug-likeness (QED) is 0.547. The molecule has 8 heteroatoms. The van der Waals surface area contributed by atoms with Crippen LogP contribution in [0.3, 0.4) is 0 Å². The Kier molecular flexibility index (Phi) is 7.60. The van der Waals surface area contributed by atoms with Crippen molar-refractivity contribution in [1.29, 1.82) is 0 Å². The van der Waals surface area contributed by atoms with Crippen molar-refractivity contribution in [2.45, 2.75) is 39.2 Å². The fraction of sp³-hybridized carbons (Fsp3) is 0.407. The summed E-state index contributed by atoms with van der Waals surface area (Å²) in [5.74, 6) is 0.281. The van der Waals surface area contributed by atoms with Gasteiger partial charge in [0.2, 0.25) is 11.9 Å². The van der Waals surface area contributed by atoms with Gasteiger partial charge in [-0.15, -0.1) is 0 Å². The molecule has 4 rings (SSSR count). The Morgan fingerprint density at radius 2 is 2.03 bits per heavy atom. The van der Waals surface area contributed by atoms with Crippen molar-refractivity contribution in [1.82, 2.24) is 24.3 Å². The number of hydrogen-bond acceptors (Lipinski definition) is 5. The molecule has 2 aromatic heterocycles. The molecule has 0 spiro atoms. The number of benzene rings is 1. The standard InChI is InChI=1S/C27H34N6O2/c1-19-15-21(17-28-16-19)26(35)30-27-29-23-11-7-9-20(2)25(23)33(27)22-10-5-6-14-32(18-22)24(34)12-8-13-31(3)4/h7-9,11-12,15-17,22H,5-6,10,13-14,18H2,1-4H3,(H,29,30,35)/b12-8+. The van der Waals surface area contributed by atoms with E-state index < -0.39 is 0 Å². The van der Waals surface area contributed by atoms with Crippen molar-refractivity contribution in [3.05, 3.63) is 65.5 Å². The highest BCUT2D eigenvalue weighted by atomic mass is 16.2. The molecule has 35 heavy (non-hydrogen) atoms. The highest BCUT2D eigenvalue weighted by Gasteiger charge is 2.27. The molecule has 3 aromatic rings. The lowest BCUT2D eigenvalue weighted by Crippen LogP contribution is -2.35. The van der Waals surface area contributed by atoms with Crippen molar-refractivity contribution in [2.75, 3.05) is 39.0 Å². The summed E-state index contributed by atoms with van der Waals surface area (Å²) in [6.45, 7) is 5.98. The highest BCUT2D eigenvalue weighted by molar-refractivity contribution is 6.04. The lowest BCUT2D eigenvalue weighted by atomic mass is 10.1. The highest BCUT2D eigenvalue weighted by Crippen LogP contribution is 2.32. The minimum atomic E-state index is -0.247. The number of hydrogen-bond donors (Lipinski definition) is 1. The Hall–Kier alpha value is -3.52. The maximum absolute atomic E-state index is 13.1. The number of carbonyl (C=O) groups is 2. The monoisotopic (exact) mass is 474 g/mol. The number of likely N-dealkylation sites (N-methyl/N-ethyl adjacent to an activating group) is 1. The van der Waals surface area contributed by atoms with Gasteiger partial charge in [-0.2, -0.15) is 0 Å². The smallest absolute Gasteiger partial charge is 0.259 e. The Labute approximate surface area is 206 Å². The SMILES string of the molecule is Cc1cncc(C(=O)Nc2nc3cccc(C)c3n2C2CCCCN(C(=O)/C=C/CN(C)C)C2)c1. The average Bonchev–Trinajstić information content (AvgIpc) is 3.01. The van der Waals surface area contributed by atoms with Gasteiger partial charge in [-0.25, -0.2) is 4.98 Å². The number of imidazole rings is 1. The number of carbonyl (C=O) groups excluding carboxylic acids is 2. The van der Waals surface area contributed by atoms with Crippen molar-refractivity contribution in [3.8, 4) is 0 Å². The Morgan fingerprint density at radius 3 is 2.80 bits per heavy atom. The fourth-order valence-corrected chi connectivity index (χ4v) is 4.62. The molecular weight excluding hydrogens is 440 g/mol. The number of aromatic nitrogens is 3. The van der Waals surface area contributed by atoms with Crippen LogP contribution < -0.4 is 5.32 Å². The first-order valence-electron chi connectivity index (χ1n) is 12.1. The second-order valence-corrected chi connectivity index (χ2v) is 9.55. The zero-order valence-electron chi connectivity index (χ0n) is 21.0. The summed E-state index contributed by atoms with van der Waals surface area (Å²) in [6, 6.07) is 7.81. The number of nitrogens with one attached hydrogen (secondary N) is 1. The van der Waals surface area contributed by atoms with Gasteiger partial charge in [0, 0.05) is 38.1 Å². The minimum absolute atomic E-state index is 0.000679. The number of nitrogens with zero attached hydrogens (tertiary/aromatic N) is 5. The van der Waals surface area contributed by atoms with Gasteiger partial charge < -0.3 is 14.4 Å². The lowest BCUT2D eigenvalue weighted by Gasteiger charge is -2.26. The van der Waals surface area contributed by atoms with E-state index in [0.29, 0.717) is 18.1 Å². The second kappa shape index (κ2) is 10.8. The largest absolute Gasteiger partial charge is 0.337 e. The molecule has 1 atom stereocenters. The number of aryl methyl sites for hydroxylation is 2. The average molecular weight is 475 g/mol. The topological polar surface area (TPSA) is 83.4 Å². The Morgan fingerprint density at radius 1 is 1.20 bits per heavy atom. The molecular formula is C27H34N6O2. The van der Waals surface area contributed by atoms with E-state index in [1.54, 1.807) is 18.5 Å². The molecule has 1 fully saturated rings. The van der Waals surface area contributed by atoms with Gasteiger partial charge in [0.1, 0.15) is 0 Å². The number of para-hydroxylation sites is 1. The number of pyridine rings is 1. The number of amides is 2. The molecule has 1 aliphatic rings. The van der Waals surface area contributed by atoms with Gasteiger partial charge in [0.05, 0.1) is 22.6 Å². The van der Waals surface area contributed by atoms with E-state index in [2.05, 4.69) is 27.9 Å². The van der Waals surface area contributed by atoms with Gasteiger partial charge in [0.25, 0.3) is 5.91 Å². The third-order valence-corrected chi connectivity index (χ3v) is 6.33. The van der Waals surface area contributed by atoms with Crippen molar-refractivity contribution in [3.63, 3.8) is 0 Å². The van der Waals surface area contributed by atoms with Crippen LogP contribution in [0.25, 0.3) is 11.0 Å². The molecule has 1 N–H and O–H groups in total. The first kappa shape index (κ1) is 24.6. The van der Waals surface area contributed by atoms with Crippen LogP contribution in [-0.4, -0.2) is 69.9 Å². The summed E-state index contributed by atoms with van der Waals surface area (Å²) < 4.78 is 2.13. The summed E-state index contributed by atoms with van der Waals surface area (Å²) in [5, 5.41) is 3.03.